The minimum absolute atomic E-state index is 0.0570. The maximum Gasteiger partial charge on any atom is 0.242 e. The Balaban J connectivity index is 1.92. The van der Waals surface area contributed by atoms with Crippen molar-refractivity contribution in [3.8, 4) is 0 Å². The van der Waals surface area contributed by atoms with Gasteiger partial charge < -0.3 is 14.5 Å². The van der Waals surface area contributed by atoms with Gasteiger partial charge in [0, 0.05) is 19.5 Å². The van der Waals surface area contributed by atoms with Gasteiger partial charge in [0.2, 0.25) is 11.8 Å². The van der Waals surface area contributed by atoms with E-state index in [9.17, 15) is 9.59 Å². The second kappa shape index (κ2) is 7.07. The molecule has 0 unspecified atom stereocenters. The topological polar surface area (TPSA) is 49.9 Å². The van der Waals surface area contributed by atoms with E-state index in [1.54, 1.807) is 4.90 Å². The second-order valence-corrected chi connectivity index (χ2v) is 6.02. The van der Waals surface area contributed by atoms with Gasteiger partial charge in [0.1, 0.15) is 0 Å². The molecule has 5 heteroatoms. The fourth-order valence-corrected chi connectivity index (χ4v) is 2.89. The van der Waals surface area contributed by atoms with Gasteiger partial charge in [-0.2, -0.15) is 0 Å². The van der Waals surface area contributed by atoms with Gasteiger partial charge in [-0.15, -0.1) is 0 Å². The third kappa shape index (κ3) is 3.95. The molecule has 114 valence electrons. The quantitative estimate of drug-likeness (QED) is 0.769. The third-order valence-corrected chi connectivity index (χ3v) is 4.18. The highest BCUT2D eigenvalue weighted by atomic mass is 16.5. The van der Waals surface area contributed by atoms with E-state index in [0.29, 0.717) is 19.6 Å². The highest BCUT2D eigenvalue weighted by Gasteiger charge is 2.29. The maximum absolute atomic E-state index is 12.4. The van der Waals surface area contributed by atoms with E-state index in [4.69, 9.17) is 4.74 Å². The van der Waals surface area contributed by atoms with Crippen LogP contribution in [0.2, 0.25) is 0 Å². The van der Waals surface area contributed by atoms with Crippen LogP contribution < -0.4 is 0 Å². The molecule has 2 rings (SSSR count). The van der Waals surface area contributed by atoms with Gasteiger partial charge in [-0.25, -0.2) is 0 Å². The maximum atomic E-state index is 12.4. The van der Waals surface area contributed by atoms with Crippen LogP contribution in [0.1, 0.15) is 46.0 Å². The Labute approximate surface area is 121 Å². The number of likely N-dealkylation sites (tertiary alicyclic amines) is 1. The van der Waals surface area contributed by atoms with Crippen molar-refractivity contribution in [2.45, 2.75) is 58.1 Å². The van der Waals surface area contributed by atoms with Gasteiger partial charge in [0.25, 0.3) is 0 Å². The molecular weight excluding hydrogens is 256 g/mol. The number of amides is 2. The van der Waals surface area contributed by atoms with Gasteiger partial charge in [0.05, 0.1) is 25.3 Å². The molecular formula is C15H26N2O3. The normalized spacial score (nSPS) is 29.0. The van der Waals surface area contributed by atoms with Gasteiger partial charge in [-0.05, 0) is 26.7 Å². The summed E-state index contributed by atoms with van der Waals surface area (Å²) in [6, 6.07) is 0.101. The summed E-state index contributed by atoms with van der Waals surface area (Å²) in [6.07, 6.45) is 4.91. The summed E-state index contributed by atoms with van der Waals surface area (Å²) < 4.78 is 5.54. The van der Waals surface area contributed by atoms with Crippen molar-refractivity contribution in [3.63, 3.8) is 0 Å². The van der Waals surface area contributed by atoms with Crippen LogP contribution in [0, 0.1) is 0 Å². The fraction of sp³-hybridized carbons (Fsp3) is 0.867. The van der Waals surface area contributed by atoms with Crippen molar-refractivity contribution in [1.29, 1.82) is 0 Å². The largest absolute Gasteiger partial charge is 0.375 e. The van der Waals surface area contributed by atoms with Crippen LogP contribution in [0.4, 0.5) is 0 Å². The average Bonchev–Trinajstić information content (AvgIpc) is 2.41. The summed E-state index contributed by atoms with van der Waals surface area (Å²) in [6.45, 7) is 6.14. The molecule has 0 aromatic carbocycles. The van der Waals surface area contributed by atoms with Crippen LogP contribution in [0.5, 0.6) is 0 Å². The van der Waals surface area contributed by atoms with E-state index in [1.165, 1.54) is 0 Å². The summed E-state index contributed by atoms with van der Waals surface area (Å²) in [4.78, 5) is 28.1. The molecule has 2 saturated heterocycles. The first-order valence-corrected chi connectivity index (χ1v) is 7.77. The average molecular weight is 282 g/mol. The van der Waals surface area contributed by atoms with Crippen molar-refractivity contribution < 1.29 is 14.3 Å². The summed E-state index contributed by atoms with van der Waals surface area (Å²) in [5.41, 5.74) is 0. The highest BCUT2D eigenvalue weighted by molar-refractivity contribution is 5.85. The Bertz CT molecular complexity index is 359. The first kappa shape index (κ1) is 15.3. The van der Waals surface area contributed by atoms with Gasteiger partial charge in [-0.1, -0.05) is 12.8 Å². The predicted octanol–water partition coefficient (Wildman–Crippen LogP) is 1.41. The number of hydrogen-bond acceptors (Lipinski definition) is 3. The highest BCUT2D eigenvalue weighted by Crippen LogP contribution is 2.15. The van der Waals surface area contributed by atoms with Crippen LogP contribution in [0.15, 0.2) is 0 Å². The SMILES string of the molecule is C[C@@H]1CN(C(=O)CN2CCCCCCC2=O)[C@@H](C)CO1. The molecule has 0 radical (unpaired) electrons. The number of rotatable bonds is 2. The second-order valence-electron chi connectivity index (χ2n) is 6.02. The standard InChI is InChI=1S/C15H26N2O3/c1-12-11-20-13(2)9-17(12)15(19)10-16-8-6-4-3-5-7-14(16)18/h12-13H,3-11H2,1-2H3/t12-,13+/m0/s1. The molecule has 0 spiro atoms. The molecule has 0 bridgehead atoms. The van der Waals surface area contributed by atoms with E-state index in [1.807, 2.05) is 18.7 Å². The van der Waals surface area contributed by atoms with Crippen LogP contribution in [0.3, 0.4) is 0 Å². The zero-order valence-electron chi connectivity index (χ0n) is 12.6. The summed E-state index contributed by atoms with van der Waals surface area (Å²) in [5, 5.41) is 0. The number of carbonyl (C=O) groups excluding carboxylic acids is 2. The molecule has 2 fully saturated rings. The lowest BCUT2D eigenvalue weighted by molar-refractivity contribution is -0.148. The lowest BCUT2D eigenvalue weighted by Gasteiger charge is -2.38. The van der Waals surface area contributed by atoms with Crippen molar-refractivity contribution >= 4 is 11.8 Å². The van der Waals surface area contributed by atoms with E-state index >= 15 is 0 Å². The fourth-order valence-electron chi connectivity index (χ4n) is 2.89. The summed E-state index contributed by atoms with van der Waals surface area (Å²) in [7, 11) is 0. The number of carbonyl (C=O) groups is 2. The molecule has 5 nitrogen and oxygen atoms in total. The smallest absolute Gasteiger partial charge is 0.242 e. The monoisotopic (exact) mass is 282 g/mol. The van der Waals surface area contributed by atoms with Gasteiger partial charge in [0.15, 0.2) is 0 Å². The third-order valence-electron chi connectivity index (χ3n) is 4.18. The van der Waals surface area contributed by atoms with Crippen LogP contribution in [-0.4, -0.2) is 60.0 Å². The molecule has 2 aliphatic heterocycles. The van der Waals surface area contributed by atoms with Crippen LogP contribution in [-0.2, 0) is 14.3 Å². The molecule has 20 heavy (non-hydrogen) atoms. The van der Waals surface area contributed by atoms with Crippen molar-refractivity contribution in [2.75, 3.05) is 26.2 Å². The molecule has 2 heterocycles. The van der Waals surface area contributed by atoms with Crippen molar-refractivity contribution in [3.05, 3.63) is 0 Å². The summed E-state index contributed by atoms with van der Waals surface area (Å²) >= 11 is 0. The van der Waals surface area contributed by atoms with Crippen LogP contribution >= 0.6 is 0 Å². The Morgan fingerprint density at radius 3 is 2.80 bits per heavy atom. The number of ether oxygens (including phenoxy) is 1. The predicted molar refractivity (Wildman–Crippen MR) is 76.3 cm³/mol. The molecule has 2 atom stereocenters. The number of hydrogen-bond donors (Lipinski definition) is 0. The van der Waals surface area contributed by atoms with Crippen molar-refractivity contribution in [1.82, 2.24) is 9.80 Å². The molecule has 2 aliphatic rings. The number of morpholine rings is 1. The minimum atomic E-state index is 0.0570. The summed E-state index contributed by atoms with van der Waals surface area (Å²) in [5.74, 6) is 0.189. The van der Waals surface area contributed by atoms with Gasteiger partial charge >= 0.3 is 0 Å². The van der Waals surface area contributed by atoms with E-state index < -0.39 is 0 Å². The van der Waals surface area contributed by atoms with Gasteiger partial charge in [-0.3, -0.25) is 9.59 Å². The van der Waals surface area contributed by atoms with E-state index in [2.05, 4.69) is 0 Å². The Hall–Kier alpha value is -1.10. The van der Waals surface area contributed by atoms with E-state index in [-0.39, 0.29) is 30.5 Å². The minimum Gasteiger partial charge on any atom is -0.375 e. The molecule has 0 aromatic heterocycles. The Morgan fingerprint density at radius 2 is 2.00 bits per heavy atom. The Kier molecular flexibility index (Phi) is 5.40. The molecule has 2 amide bonds. The Morgan fingerprint density at radius 1 is 1.25 bits per heavy atom. The zero-order chi connectivity index (χ0) is 14.5. The van der Waals surface area contributed by atoms with E-state index in [0.717, 1.165) is 32.2 Å². The molecule has 0 aliphatic carbocycles. The first-order chi connectivity index (χ1) is 9.58. The first-order valence-electron chi connectivity index (χ1n) is 7.77. The van der Waals surface area contributed by atoms with Crippen LogP contribution in [0.25, 0.3) is 0 Å². The molecule has 0 saturated carbocycles. The van der Waals surface area contributed by atoms with Crippen molar-refractivity contribution in [2.24, 2.45) is 0 Å². The lowest BCUT2D eigenvalue weighted by Crippen LogP contribution is -2.53. The lowest BCUT2D eigenvalue weighted by atomic mass is 10.1. The zero-order valence-corrected chi connectivity index (χ0v) is 12.6. The number of nitrogens with zero attached hydrogens (tertiary/aromatic N) is 2. The molecule has 0 N–H and O–H groups in total. The molecule has 0 aromatic rings.